The number of anilines is 1. The maximum atomic E-state index is 5.98. The summed E-state index contributed by atoms with van der Waals surface area (Å²) in [6, 6.07) is 1.91. The number of nitrogens with one attached hydrogen (secondary N) is 1. The van der Waals surface area contributed by atoms with Gasteiger partial charge in [-0.1, -0.05) is 23.2 Å². The molecule has 2 aromatic heterocycles. The van der Waals surface area contributed by atoms with Gasteiger partial charge in [-0.15, -0.1) is 11.3 Å². The summed E-state index contributed by atoms with van der Waals surface area (Å²) in [6.45, 7) is 2.58. The first-order valence-electron chi connectivity index (χ1n) is 4.62. The molecule has 0 atom stereocenters. The lowest BCUT2D eigenvalue weighted by molar-refractivity contribution is 1.09. The van der Waals surface area contributed by atoms with Crippen molar-refractivity contribution in [2.75, 3.05) is 5.32 Å². The number of thiazole rings is 1. The molecule has 0 saturated carbocycles. The molecule has 0 amide bonds. The molecule has 2 rings (SSSR count). The average Bonchev–Trinajstić information content (AvgIpc) is 2.63. The maximum Gasteiger partial charge on any atom is 0.152 e. The van der Waals surface area contributed by atoms with Crippen molar-refractivity contribution in [1.82, 2.24) is 9.97 Å². The summed E-state index contributed by atoms with van der Waals surface area (Å²) in [4.78, 5) is 8.17. The third-order valence-corrected chi connectivity index (χ3v) is 3.46. The Labute approximate surface area is 107 Å². The monoisotopic (exact) mass is 273 g/mol. The highest BCUT2D eigenvalue weighted by Crippen LogP contribution is 2.24. The van der Waals surface area contributed by atoms with Crippen molar-refractivity contribution < 1.29 is 0 Å². The number of nitrogens with zero attached hydrogens (tertiary/aromatic N) is 2. The summed E-state index contributed by atoms with van der Waals surface area (Å²) in [5.74, 6) is 0. The first kappa shape index (κ1) is 11.6. The van der Waals surface area contributed by atoms with Crippen molar-refractivity contribution in [3.8, 4) is 0 Å². The van der Waals surface area contributed by atoms with Crippen LogP contribution in [0, 0.1) is 6.92 Å². The van der Waals surface area contributed by atoms with Crippen molar-refractivity contribution in [3.05, 3.63) is 38.5 Å². The molecule has 0 aromatic carbocycles. The van der Waals surface area contributed by atoms with E-state index in [0.717, 1.165) is 16.3 Å². The van der Waals surface area contributed by atoms with Crippen LogP contribution in [0.15, 0.2) is 18.5 Å². The van der Waals surface area contributed by atoms with E-state index in [0.29, 0.717) is 16.0 Å². The smallest absolute Gasteiger partial charge is 0.152 e. The predicted molar refractivity (Wildman–Crippen MR) is 68.4 cm³/mol. The molecule has 0 radical (unpaired) electrons. The van der Waals surface area contributed by atoms with Crippen molar-refractivity contribution in [1.29, 1.82) is 0 Å². The number of aromatic nitrogens is 2. The van der Waals surface area contributed by atoms with Gasteiger partial charge in [-0.05, 0) is 18.6 Å². The van der Waals surface area contributed by atoms with Gasteiger partial charge in [0.15, 0.2) is 5.15 Å². The molecule has 2 aromatic rings. The zero-order valence-electron chi connectivity index (χ0n) is 8.50. The number of rotatable bonds is 3. The summed E-state index contributed by atoms with van der Waals surface area (Å²) in [6.07, 6.45) is 3.32. The highest BCUT2D eigenvalue weighted by Gasteiger charge is 2.05. The zero-order chi connectivity index (χ0) is 11.5. The van der Waals surface area contributed by atoms with E-state index >= 15 is 0 Å². The minimum atomic E-state index is 0.475. The van der Waals surface area contributed by atoms with E-state index in [4.69, 9.17) is 23.2 Å². The standard InChI is InChI=1S/C10H9Cl2N3S/c1-6-2-3-13-10(12)9(6)15-5-8-14-4-7(11)16-8/h2-4,15H,5H2,1H3. The molecule has 1 N–H and O–H groups in total. The van der Waals surface area contributed by atoms with Gasteiger partial charge in [0, 0.05) is 6.20 Å². The molecule has 2 heterocycles. The van der Waals surface area contributed by atoms with E-state index in [-0.39, 0.29) is 0 Å². The highest BCUT2D eigenvalue weighted by molar-refractivity contribution is 7.15. The Balaban J connectivity index is 2.10. The normalized spacial score (nSPS) is 10.4. The second-order valence-electron chi connectivity index (χ2n) is 3.21. The van der Waals surface area contributed by atoms with E-state index in [2.05, 4.69) is 15.3 Å². The van der Waals surface area contributed by atoms with Gasteiger partial charge in [0.05, 0.1) is 18.4 Å². The summed E-state index contributed by atoms with van der Waals surface area (Å²) in [5.41, 5.74) is 1.90. The third-order valence-electron chi connectivity index (χ3n) is 2.05. The summed E-state index contributed by atoms with van der Waals surface area (Å²) in [7, 11) is 0. The van der Waals surface area contributed by atoms with Crippen LogP contribution in [0.2, 0.25) is 9.49 Å². The maximum absolute atomic E-state index is 5.98. The molecule has 0 aliphatic carbocycles. The van der Waals surface area contributed by atoms with E-state index in [1.807, 2.05) is 13.0 Å². The Morgan fingerprint density at radius 3 is 2.81 bits per heavy atom. The molecule has 16 heavy (non-hydrogen) atoms. The lowest BCUT2D eigenvalue weighted by Gasteiger charge is -2.08. The number of aryl methyl sites for hydroxylation is 1. The van der Waals surface area contributed by atoms with Gasteiger partial charge in [-0.2, -0.15) is 0 Å². The molecule has 0 unspecified atom stereocenters. The summed E-state index contributed by atoms with van der Waals surface area (Å²) in [5, 5.41) is 4.60. The quantitative estimate of drug-likeness (QED) is 0.866. The highest BCUT2D eigenvalue weighted by atomic mass is 35.5. The third kappa shape index (κ3) is 2.64. The van der Waals surface area contributed by atoms with Crippen molar-refractivity contribution >= 4 is 40.2 Å². The van der Waals surface area contributed by atoms with Gasteiger partial charge in [0.25, 0.3) is 0 Å². The van der Waals surface area contributed by atoms with Crippen LogP contribution in [0.3, 0.4) is 0 Å². The molecule has 0 fully saturated rings. The SMILES string of the molecule is Cc1ccnc(Cl)c1NCc1ncc(Cl)s1. The molecule has 0 spiro atoms. The number of halogens is 2. The lowest BCUT2D eigenvalue weighted by atomic mass is 10.2. The van der Waals surface area contributed by atoms with Gasteiger partial charge in [-0.25, -0.2) is 9.97 Å². The van der Waals surface area contributed by atoms with E-state index < -0.39 is 0 Å². The largest absolute Gasteiger partial charge is 0.376 e. The molecule has 0 aliphatic heterocycles. The van der Waals surface area contributed by atoms with Gasteiger partial charge in [-0.3, -0.25) is 0 Å². The van der Waals surface area contributed by atoms with Crippen LogP contribution < -0.4 is 5.32 Å². The minimum absolute atomic E-state index is 0.475. The molecule has 0 bridgehead atoms. The van der Waals surface area contributed by atoms with Gasteiger partial charge in [0.2, 0.25) is 0 Å². The van der Waals surface area contributed by atoms with Crippen LogP contribution in [0.25, 0.3) is 0 Å². The molecule has 0 aliphatic rings. The fraction of sp³-hybridized carbons (Fsp3) is 0.200. The number of hydrogen-bond acceptors (Lipinski definition) is 4. The predicted octanol–water partition coefficient (Wildman–Crippen LogP) is 3.77. The summed E-state index contributed by atoms with van der Waals surface area (Å²) >= 11 is 13.2. The molecule has 84 valence electrons. The van der Waals surface area contributed by atoms with Gasteiger partial charge >= 0.3 is 0 Å². The van der Waals surface area contributed by atoms with E-state index in [1.54, 1.807) is 12.4 Å². The molecular weight excluding hydrogens is 265 g/mol. The second kappa shape index (κ2) is 4.99. The zero-order valence-corrected chi connectivity index (χ0v) is 10.8. The minimum Gasteiger partial charge on any atom is -0.376 e. The van der Waals surface area contributed by atoms with Gasteiger partial charge in [0.1, 0.15) is 9.34 Å². The fourth-order valence-electron chi connectivity index (χ4n) is 1.27. The molecule has 0 saturated heterocycles. The lowest BCUT2D eigenvalue weighted by Crippen LogP contribution is -2.01. The summed E-state index contributed by atoms with van der Waals surface area (Å²) < 4.78 is 0.686. The Bertz CT molecular complexity index is 478. The van der Waals surface area contributed by atoms with Gasteiger partial charge < -0.3 is 5.32 Å². The topological polar surface area (TPSA) is 37.8 Å². The van der Waals surface area contributed by atoms with Crippen molar-refractivity contribution in [2.24, 2.45) is 0 Å². The number of hydrogen-bond donors (Lipinski definition) is 1. The van der Waals surface area contributed by atoms with Crippen LogP contribution in [-0.2, 0) is 6.54 Å². The fourth-order valence-corrected chi connectivity index (χ4v) is 2.44. The first-order chi connectivity index (χ1) is 7.66. The Kier molecular flexibility index (Phi) is 3.63. The van der Waals surface area contributed by atoms with Crippen LogP contribution >= 0.6 is 34.5 Å². The van der Waals surface area contributed by atoms with E-state index in [1.165, 1.54) is 11.3 Å². The second-order valence-corrected chi connectivity index (χ2v) is 5.31. The van der Waals surface area contributed by atoms with Crippen LogP contribution in [-0.4, -0.2) is 9.97 Å². The Hall–Kier alpha value is -0.840. The van der Waals surface area contributed by atoms with Crippen molar-refractivity contribution in [2.45, 2.75) is 13.5 Å². The molecular formula is C10H9Cl2N3S. The van der Waals surface area contributed by atoms with Crippen molar-refractivity contribution in [3.63, 3.8) is 0 Å². The van der Waals surface area contributed by atoms with Crippen LogP contribution in [0.1, 0.15) is 10.6 Å². The first-order valence-corrected chi connectivity index (χ1v) is 6.19. The van der Waals surface area contributed by atoms with Crippen LogP contribution in [0.5, 0.6) is 0 Å². The molecule has 3 nitrogen and oxygen atoms in total. The Morgan fingerprint density at radius 2 is 2.19 bits per heavy atom. The average molecular weight is 274 g/mol. The Morgan fingerprint density at radius 1 is 1.38 bits per heavy atom. The molecule has 6 heteroatoms. The van der Waals surface area contributed by atoms with Crippen LogP contribution in [0.4, 0.5) is 5.69 Å². The van der Waals surface area contributed by atoms with E-state index in [9.17, 15) is 0 Å². The number of pyridine rings is 1.